The number of anilines is 1. The summed E-state index contributed by atoms with van der Waals surface area (Å²) in [6, 6.07) is 20.6. The fourth-order valence-corrected chi connectivity index (χ4v) is 5.52. The van der Waals surface area contributed by atoms with E-state index < -0.39 is 34.1 Å². The Morgan fingerprint density at radius 2 is 1.53 bits per heavy atom. The standard InChI is InChI=1S/C28H31BrClN3O4S/c1-20(27(35)31-28(2,3)4)32(18-21-10-12-22(29)13-11-21)26(34)19-33(24-16-14-23(30)15-17-24)38(36,37)25-8-6-5-7-9-25/h5-17,20H,18-19H2,1-4H3,(H,31,35). The fourth-order valence-electron chi connectivity index (χ4n) is 3.70. The lowest BCUT2D eigenvalue weighted by atomic mass is 10.1. The van der Waals surface area contributed by atoms with Gasteiger partial charge in [0.2, 0.25) is 11.8 Å². The van der Waals surface area contributed by atoms with Crippen LogP contribution in [0, 0.1) is 0 Å². The van der Waals surface area contributed by atoms with E-state index in [1.165, 1.54) is 17.0 Å². The van der Waals surface area contributed by atoms with Gasteiger partial charge in [-0.05, 0) is 81.8 Å². The molecular weight excluding hydrogens is 590 g/mol. The van der Waals surface area contributed by atoms with E-state index in [-0.39, 0.29) is 23.0 Å². The van der Waals surface area contributed by atoms with Gasteiger partial charge in [0, 0.05) is 21.6 Å². The highest BCUT2D eigenvalue weighted by Crippen LogP contribution is 2.26. The van der Waals surface area contributed by atoms with Crippen molar-refractivity contribution < 1.29 is 18.0 Å². The van der Waals surface area contributed by atoms with Gasteiger partial charge in [-0.1, -0.05) is 57.9 Å². The molecule has 0 aliphatic heterocycles. The summed E-state index contributed by atoms with van der Waals surface area (Å²) in [5, 5.41) is 3.34. The number of halogens is 2. The normalized spacial score (nSPS) is 12.5. The summed E-state index contributed by atoms with van der Waals surface area (Å²) in [6.45, 7) is 6.80. The number of amides is 2. The number of carbonyl (C=O) groups is 2. The summed E-state index contributed by atoms with van der Waals surface area (Å²) in [5.74, 6) is -0.870. The zero-order valence-corrected chi connectivity index (χ0v) is 24.8. The van der Waals surface area contributed by atoms with Gasteiger partial charge in [0.15, 0.2) is 0 Å². The molecule has 0 spiro atoms. The third kappa shape index (κ3) is 7.82. The maximum Gasteiger partial charge on any atom is 0.264 e. The van der Waals surface area contributed by atoms with Crippen LogP contribution >= 0.6 is 27.5 Å². The van der Waals surface area contributed by atoms with Crippen molar-refractivity contribution in [1.82, 2.24) is 10.2 Å². The average molecular weight is 621 g/mol. The quantitative estimate of drug-likeness (QED) is 0.336. The molecule has 38 heavy (non-hydrogen) atoms. The second-order valence-electron chi connectivity index (χ2n) is 9.86. The Morgan fingerprint density at radius 1 is 0.947 bits per heavy atom. The van der Waals surface area contributed by atoms with Gasteiger partial charge < -0.3 is 10.2 Å². The minimum atomic E-state index is -4.11. The largest absolute Gasteiger partial charge is 0.350 e. The number of hydrogen-bond acceptors (Lipinski definition) is 4. The first kappa shape index (κ1) is 29.7. The van der Waals surface area contributed by atoms with Crippen molar-refractivity contribution in [1.29, 1.82) is 0 Å². The molecule has 1 N–H and O–H groups in total. The minimum absolute atomic E-state index is 0.0423. The van der Waals surface area contributed by atoms with Gasteiger partial charge in [0.25, 0.3) is 10.0 Å². The Labute approximate surface area is 238 Å². The smallest absolute Gasteiger partial charge is 0.264 e. The van der Waals surface area contributed by atoms with Crippen molar-refractivity contribution >= 4 is 55.1 Å². The molecule has 10 heteroatoms. The van der Waals surface area contributed by atoms with Crippen molar-refractivity contribution in [3.05, 3.63) is 93.9 Å². The fraction of sp³-hybridized carbons (Fsp3) is 0.286. The molecule has 0 heterocycles. The Hall–Kier alpha value is -2.88. The number of nitrogens with one attached hydrogen (secondary N) is 1. The van der Waals surface area contributed by atoms with Crippen LogP contribution in [0.4, 0.5) is 5.69 Å². The third-order valence-electron chi connectivity index (χ3n) is 5.66. The molecule has 1 unspecified atom stereocenters. The molecule has 3 aromatic rings. The molecular formula is C28H31BrClN3O4S. The molecule has 202 valence electrons. The van der Waals surface area contributed by atoms with Crippen LogP contribution in [0.1, 0.15) is 33.3 Å². The van der Waals surface area contributed by atoms with Crippen molar-refractivity contribution in [2.75, 3.05) is 10.8 Å². The summed E-state index contributed by atoms with van der Waals surface area (Å²) in [7, 11) is -4.11. The van der Waals surface area contributed by atoms with Crippen LogP contribution in [0.25, 0.3) is 0 Å². The van der Waals surface area contributed by atoms with Crippen LogP contribution in [-0.2, 0) is 26.2 Å². The van der Waals surface area contributed by atoms with Gasteiger partial charge in [0.1, 0.15) is 12.6 Å². The monoisotopic (exact) mass is 619 g/mol. The number of hydrogen-bond donors (Lipinski definition) is 1. The van der Waals surface area contributed by atoms with Gasteiger partial charge in [-0.15, -0.1) is 0 Å². The summed E-state index contributed by atoms with van der Waals surface area (Å²) < 4.78 is 29.3. The van der Waals surface area contributed by atoms with Crippen LogP contribution in [0.5, 0.6) is 0 Å². The Balaban J connectivity index is 2.01. The van der Waals surface area contributed by atoms with Crippen LogP contribution in [-0.4, -0.2) is 43.3 Å². The van der Waals surface area contributed by atoms with Gasteiger partial charge in [-0.2, -0.15) is 0 Å². The second-order valence-corrected chi connectivity index (χ2v) is 13.1. The van der Waals surface area contributed by atoms with Crippen LogP contribution in [0.3, 0.4) is 0 Å². The van der Waals surface area contributed by atoms with E-state index in [1.54, 1.807) is 49.4 Å². The first-order valence-electron chi connectivity index (χ1n) is 12.0. The van der Waals surface area contributed by atoms with Crippen LogP contribution in [0.15, 0.2) is 88.2 Å². The molecule has 2 amide bonds. The highest BCUT2D eigenvalue weighted by molar-refractivity contribution is 9.10. The number of carbonyl (C=O) groups excluding carboxylic acids is 2. The van der Waals surface area contributed by atoms with Crippen LogP contribution < -0.4 is 9.62 Å². The third-order valence-corrected chi connectivity index (χ3v) is 8.23. The average Bonchev–Trinajstić information content (AvgIpc) is 2.86. The molecule has 0 fully saturated rings. The minimum Gasteiger partial charge on any atom is -0.350 e. The number of nitrogens with zero attached hydrogens (tertiary/aromatic N) is 2. The molecule has 0 aromatic heterocycles. The van der Waals surface area contributed by atoms with Gasteiger partial charge in [-0.25, -0.2) is 8.42 Å². The molecule has 0 aliphatic rings. The van der Waals surface area contributed by atoms with Crippen molar-refractivity contribution in [3.63, 3.8) is 0 Å². The molecule has 7 nitrogen and oxygen atoms in total. The number of rotatable bonds is 9. The predicted molar refractivity (Wildman–Crippen MR) is 154 cm³/mol. The first-order chi connectivity index (χ1) is 17.8. The van der Waals surface area contributed by atoms with E-state index >= 15 is 0 Å². The summed E-state index contributed by atoms with van der Waals surface area (Å²) in [6.07, 6.45) is 0. The lowest BCUT2D eigenvalue weighted by Crippen LogP contribution is -2.54. The van der Waals surface area contributed by atoms with E-state index in [1.807, 2.05) is 45.0 Å². The Morgan fingerprint density at radius 3 is 2.08 bits per heavy atom. The predicted octanol–water partition coefficient (Wildman–Crippen LogP) is 5.63. The number of benzene rings is 3. The molecule has 0 saturated carbocycles. The molecule has 3 rings (SSSR count). The topological polar surface area (TPSA) is 86.8 Å². The molecule has 0 aliphatic carbocycles. The second kappa shape index (κ2) is 12.3. The van der Waals surface area contributed by atoms with Gasteiger partial charge in [-0.3, -0.25) is 13.9 Å². The molecule has 0 saturated heterocycles. The van der Waals surface area contributed by atoms with E-state index in [4.69, 9.17) is 11.6 Å². The summed E-state index contributed by atoms with van der Waals surface area (Å²) in [5.41, 5.74) is 0.562. The van der Waals surface area contributed by atoms with Crippen molar-refractivity contribution in [2.24, 2.45) is 0 Å². The maximum atomic E-state index is 13.9. The maximum absolute atomic E-state index is 13.9. The van der Waals surface area contributed by atoms with E-state index in [0.717, 1.165) is 14.3 Å². The molecule has 1 atom stereocenters. The zero-order valence-electron chi connectivity index (χ0n) is 21.7. The van der Waals surface area contributed by atoms with Crippen LogP contribution in [0.2, 0.25) is 5.02 Å². The Kier molecular flexibility index (Phi) is 9.62. The highest BCUT2D eigenvalue weighted by Gasteiger charge is 2.33. The summed E-state index contributed by atoms with van der Waals surface area (Å²) >= 11 is 9.45. The van der Waals surface area contributed by atoms with Gasteiger partial charge >= 0.3 is 0 Å². The van der Waals surface area contributed by atoms with Gasteiger partial charge in [0.05, 0.1) is 10.6 Å². The summed E-state index contributed by atoms with van der Waals surface area (Å²) in [4.78, 5) is 28.4. The zero-order chi connectivity index (χ0) is 28.1. The molecule has 0 bridgehead atoms. The van der Waals surface area contributed by atoms with E-state index in [9.17, 15) is 18.0 Å². The molecule has 3 aromatic carbocycles. The van der Waals surface area contributed by atoms with E-state index in [0.29, 0.717) is 5.02 Å². The van der Waals surface area contributed by atoms with Crippen molar-refractivity contribution in [3.8, 4) is 0 Å². The SMILES string of the molecule is CC(C(=O)NC(C)(C)C)N(Cc1ccc(Br)cc1)C(=O)CN(c1ccc(Cl)cc1)S(=O)(=O)c1ccccc1. The highest BCUT2D eigenvalue weighted by atomic mass is 79.9. The lowest BCUT2D eigenvalue weighted by molar-refractivity contribution is -0.140. The Bertz CT molecular complexity index is 1360. The number of sulfonamides is 1. The van der Waals surface area contributed by atoms with E-state index in [2.05, 4.69) is 21.2 Å². The first-order valence-corrected chi connectivity index (χ1v) is 14.6. The lowest BCUT2D eigenvalue weighted by Gasteiger charge is -2.33. The molecule has 0 radical (unpaired) electrons. The van der Waals surface area contributed by atoms with Crippen molar-refractivity contribution in [2.45, 2.75) is 50.7 Å².